The molecule has 0 radical (unpaired) electrons. The highest BCUT2D eigenvalue weighted by molar-refractivity contribution is 7.99. The average molecular weight is 313 g/mol. The van der Waals surface area contributed by atoms with Crippen LogP contribution in [-0.2, 0) is 0 Å². The molecule has 0 aliphatic carbocycles. The summed E-state index contributed by atoms with van der Waals surface area (Å²) in [6.07, 6.45) is 0.963. The lowest BCUT2D eigenvalue weighted by atomic mass is 10.0. The highest BCUT2D eigenvalue weighted by Gasteiger charge is 2.22. The van der Waals surface area contributed by atoms with Crippen LogP contribution in [0, 0.1) is 0 Å². The molecule has 114 valence electrons. The smallest absolute Gasteiger partial charge is 0.251 e. The fourth-order valence-electron chi connectivity index (χ4n) is 2.60. The summed E-state index contributed by atoms with van der Waals surface area (Å²) < 4.78 is 5.40. The minimum atomic E-state index is -0.0326. The maximum atomic E-state index is 12.4. The van der Waals surface area contributed by atoms with Crippen LogP contribution in [0.3, 0.4) is 0 Å². The first-order valence-corrected chi connectivity index (χ1v) is 8.52. The number of nitrogens with one attached hydrogen (secondary N) is 1. The molecular weight excluding hydrogens is 294 g/mol. The predicted octanol–water partition coefficient (Wildman–Crippen LogP) is 4.05. The topological polar surface area (TPSA) is 38.3 Å². The lowest BCUT2D eigenvalue weighted by Gasteiger charge is -2.25. The van der Waals surface area contributed by atoms with Crippen LogP contribution in [0.15, 0.2) is 53.4 Å². The van der Waals surface area contributed by atoms with Crippen LogP contribution in [0.1, 0.15) is 35.3 Å². The number of ether oxygens (including phenoxy) is 1. The minimum absolute atomic E-state index is 0.0326. The lowest BCUT2D eigenvalue weighted by molar-refractivity contribution is 0.0935. The van der Waals surface area contributed by atoms with Gasteiger partial charge < -0.3 is 10.1 Å². The first kappa shape index (κ1) is 15.0. The Hall–Kier alpha value is -1.94. The normalized spacial score (nSPS) is 16.7. The van der Waals surface area contributed by atoms with Gasteiger partial charge in [0.05, 0.1) is 12.6 Å². The highest BCUT2D eigenvalue weighted by atomic mass is 32.2. The molecule has 0 bridgehead atoms. The van der Waals surface area contributed by atoms with E-state index < -0.39 is 0 Å². The van der Waals surface area contributed by atoms with Gasteiger partial charge in [0, 0.05) is 16.2 Å². The first-order chi connectivity index (χ1) is 10.8. The predicted molar refractivity (Wildman–Crippen MR) is 89.6 cm³/mol. The highest BCUT2D eigenvalue weighted by Crippen LogP contribution is 2.35. The van der Waals surface area contributed by atoms with Gasteiger partial charge in [-0.1, -0.05) is 18.2 Å². The van der Waals surface area contributed by atoms with E-state index in [1.165, 1.54) is 10.5 Å². The van der Waals surface area contributed by atoms with Crippen molar-refractivity contribution in [3.63, 3.8) is 0 Å². The van der Waals surface area contributed by atoms with Gasteiger partial charge in [0.15, 0.2) is 0 Å². The van der Waals surface area contributed by atoms with Crippen LogP contribution >= 0.6 is 11.8 Å². The van der Waals surface area contributed by atoms with Crippen LogP contribution in [0.4, 0.5) is 0 Å². The Morgan fingerprint density at radius 3 is 2.77 bits per heavy atom. The van der Waals surface area contributed by atoms with Gasteiger partial charge in [0.25, 0.3) is 5.91 Å². The summed E-state index contributed by atoms with van der Waals surface area (Å²) in [5.74, 6) is 1.79. The van der Waals surface area contributed by atoms with E-state index in [0.29, 0.717) is 12.2 Å². The zero-order chi connectivity index (χ0) is 15.4. The van der Waals surface area contributed by atoms with Gasteiger partial charge in [0.2, 0.25) is 0 Å². The average Bonchev–Trinajstić information content (AvgIpc) is 2.56. The summed E-state index contributed by atoms with van der Waals surface area (Å²) in [5.41, 5.74) is 1.89. The monoisotopic (exact) mass is 313 g/mol. The molecule has 0 fully saturated rings. The molecule has 4 heteroatoms. The summed E-state index contributed by atoms with van der Waals surface area (Å²) >= 11 is 1.85. The summed E-state index contributed by atoms with van der Waals surface area (Å²) in [6, 6.07) is 15.7. The van der Waals surface area contributed by atoms with Crippen LogP contribution < -0.4 is 10.1 Å². The quantitative estimate of drug-likeness (QED) is 0.925. The number of amides is 1. The minimum Gasteiger partial charge on any atom is -0.494 e. The number of thioether (sulfide) groups is 1. The molecule has 22 heavy (non-hydrogen) atoms. The van der Waals surface area contributed by atoms with E-state index >= 15 is 0 Å². The molecule has 1 amide bonds. The number of benzene rings is 2. The van der Waals surface area contributed by atoms with Crippen molar-refractivity contribution >= 4 is 17.7 Å². The van der Waals surface area contributed by atoms with E-state index in [-0.39, 0.29) is 11.9 Å². The SMILES string of the molecule is CCOc1ccc(C(=O)NC2CCSc3ccccc32)cc1. The summed E-state index contributed by atoms with van der Waals surface area (Å²) in [4.78, 5) is 13.7. The van der Waals surface area contributed by atoms with Crippen molar-refractivity contribution < 1.29 is 9.53 Å². The lowest BCUT2D eigenvalue weighted by Crippen LogP contribution is -2.30. The number of carbonyl (C=O) groups is 1. The van der Waals surface area contributed by atoms with E-state index in [1.807, 2.05) is 55.1 Å². The fraction of sp³-hybridized carbons (Fsp3) is 0.278. The van der Waals surface area contributed by atoms with Crippen molar-refractivity contribution in [2.75, 3.05) is 12.4 Å². The number of hydrogen-bond acceptors (Lipinski definition) is 3. The third kappa shape index (κ3) is 3.28. The second kappa shape index (κ2) is 6.88. The second-order valence-electron chi connectivity index (χ2n) is 5.16. The third-order valence-corrected chi connectivity index (χ3v) is 4.81. The van der Waals surface area contributed by atoms with Crippen molar-refractivity contribution in [3.8, 4) is 5.75 Å². The Balaban J connectivity index is 1.72. The number of hydrogen-bond donors (Lipinski definition) is 1. The van der Waals surface area contributed by atoms with Gasteiger partial charge in [0.1, 0.15) is 5.75 Å². The van der Waals surface area contributed by atoms with E-state index in [2.05, 4.69) is 17.4 Å². The molecule has 0 saturated heterocycles. The van der Waals surface area contributed by atoms with Gasteiger partial charge in [-0.3, -0.25) is 4.79 Å². The molecule has 3 rings (SSSR count). The summed E-state index contributed by atoms with van der Waals surface area (Å²) in [5, 5.41) is 3.15. The number of rotatable bonds is 4. The Morgan fingerprint density at radius 2 is 2.00 bits per heavy atom. The van der Waals surface area contributed by atoms with E-state index in [1.54, 1.807) is 0 Å². The zero-order valence-electron chi connectivity index (χ0n) is 12.5. The number of carbonyl (C=O) groups excluding carboxylic acids is 1. The van der Waals surface area contributed by atoms with E-state index in [0.717, 1.165) is 17.9 Å². The van der Waals surface area contributed by atoms with E-state index in [9.17, 15) is 4.79 Å². The van der Waals surface area contributed by atoms with Gasteiger partial charge in [-0.15, -0.1) is 11.8 Å². The molecule has 1 atom stereocenters. The Morgan fingerprint density at radius 1 is 1.23 bits per heavy atom. The van der Waals surface area contributed by atoms with Crippen molar-refractivity contribution in [3.05, 3.63) is 59.7 Å². The maximum Gasteiger partial charge on any atom is 0.251 e. The molecular formula is C18H19NO2S. The molecule has 0 aromatic heterocycles. The molecule has 1 aliphatic rings. The molecule has 1 unspecified atom stereocenters. The molecule has 2 aromatic rings. The van der Waals surface area contributed by atoms with Gasteiger partial charge in [-0.05, 0) is 49.2 Å². The third-order valence-electron chi connectivity index (χ3n) is 3.69. The summed E-state index contributed by atoms with van der Waals surface area (Å²) in [6.45, 7) is 2.57. The van der Waals surface area contributed by atoms with Gasteiger partial charge in [-0.2, -0.15) is 0 Å². The van der Waals surface area contributed by atoms with Crippen molar-refractivity contribution in [2.45, 2.75) is 24.3 Å². The fourth-order valence-corrected chi connectivity index (χ4v) is 3.73. The Kier molecular flexibility index (Phi) is 4.68. The summed E-state index contributed by atoms with van der Waals surface area (Å²) in [7, 11) is 0. The first-order valence-electron chi connectivity index (χ1n) is 7.53. The zero-order valence-corrected chi connectivity index (χ0v) is 13.4. The molecule has 3 nitrogen and oxygen atoms in total. The van der Waals surface area contributed by atoms with Crippen molar-refractivity contribution in [1.82, 2.24) is 5.32 Å². The standard InChI is InChI=1S/C18H19NO2S/c1-2-21-14-9-7-13(8-10-14)18(20)19-16-11-12-22-17-6-4-3-5-15(16)17/h3-10,16H,2,11-12H2,1H3,(H,19,20). The largest absolute Gasteiger partial charge is 0.494 e. The molecule has 1 heterocycles. The Labute approximate surface area is 135 Å². The number of fused-ring (bicyclic) bond motifs is 1. The van der Waals surface area contributed by atoms with Crippen molar-refractivity contribution in [1.29, 1.82) is 0 Å². The van der Waals surface area contributed by atoms with Crippen LogP contribution in [0.2, 0.25) is 0 Å². The van der Waals surface area contributed by atoms with Gasteiger partial charge in [-0.25, -0.2) is 0 Å². The molecule has 2 aromatic carbocycles. The van der Waals surface area contributed by atoms with E-state index in [4.69, 9.17) is 4.74 Å². The maximum absolute atomic E-state index is 12.4. The van der Waals surface area contributed by atoms with Crippen LogP contribution in [0.25, 0.3) is 0 Å². The molecule has 0 saturated carbocycles. The molecule has 1 N–H and O–H groups in total. The van der Waals surface area contributed by atoms with Crippen LogP contribution in [0.5, 0.6) is 5.75 Å². The van der Waals surface area contributed by atoms with Crippen molar-refractivity contribution in [2.24, 2.45) is 0 Å². The second-order valence-corrected chi connectivity index (χ2v) is 6.30. The Bertz CT molecular complexity index is 654. The molecule has 0 spiro atoms. The van der Waals surface area contributed by atoms with Crippen LogP contribution in [-0.4, -0.2) is 18.3 Å². The molecule has 1 aliphatic heterocycles. The van der Waals surface area contributed by atoms with Gasteiger partial charge >= 0.3 is 0 Å².